The molecule has 2 fully saturated rings. The molecule has 1 aromatic carbocycles. The highest BCUT2D eigenvalue weighted by Crippen LogP contribution is 2.33. The van der Waals surface area contributed by atoms with Crippen LogP contribution in [0.25, 0.3) is 11.3 Å². The number of carbonyl (C=O) groups is 1. The van der Waals surface area contributed by atoms with Crippen LogP contribution in [-0.4, -0.2) is 55.4 Å². The number of rotatable bonds is 5. The average Bonchev–Trinajstić information content (AvgIpc) is 3.26. The second-order valence-electron chi connectivity index (χ2n) is 7.93. The van der Waals surface area contributed by atoms with Gasteiger partial charge in [-0.1, -0.05) is 11.6 Å². The molecule has 1 aromatic heterocycles. The van der Waals surface area contributed by atoms with Crippen LogP contribution in [0.4, 0.5) is 0 Å². The number of nitrogens with one attached hydrogen (secondary N) is 1. The van der Waals surface area contributed by atoms with E-state index in [1.54, 1.807) is 0 Å². The molecule has 6 nitrogen and oxygen atoms in total. The molecule has 0 bridgehead atoms. The minimum atomic E-state index is -0.314. The van der Waals surface area contributed by atoms with Gasteiger partial charge in [0, 0.05) is 37.1 Å². The highest BCUT2D eigenvalue weighted by atomic mass is 35.5. The molecule has 2 aliphatic rings. The van der Waals surface area contributed by atoms with E-state index in [0.29, 0.717) is 31.3 Å². The van der Waals surface area contributed by atoms with Crippen LogP contribution in [0.5, 0.6) is 0 Å². The van der Waals surface area contributed by atoms with Crippen LogP contribution < -0.4 is 5.32 Å². The summed E-state index contributed by atoms with van der Waals surface area (Å²) in [6, 6.07) is 11.7. The van der Waals surface area contributed by atoms with Crippen molar-refractivity contribution in [3.63, 3.8) is 0 Å². The second-order valence-corrected chi connectivity index (χ2v) is 8.37. The van der Waals surface area contributed by atoms with E-state index in [9.17, 15) is 4.79 Å². The smallest absolute Gasteiger partial charge is 0.216 e. The summed E-state index contributed by atoms with van der Waals surface area (Å²) in [5.74, 6) is 1.73. The van der Waals surface area contributed by atoms with Crippen molar-refractivity contribution in [1.82, 2.24) is 10.2 Å². The van der Waals surface area contributed by atoms with Crippen molar-refractivity contribution in [3.05, 3.63) is 47.2 Å². The number of benzene rings is 1. The third kappa shape index (κ3) is 5.20. The van der Waals surface area contributed by atoms with Crippen LogP contribution in [0.2, 0.25) is 5.02 Å². The van der Waals surface area contributed by atoms with E-state index in [0.717, 1.165) is 43.0 Å². The van der Waals surface area contributed by atoms with Crippen molar-refractivity contribution >= 4 is 17.5 Å². The van der Waals surface area contributed by atoms with Gasteiger partial charge in [0.15, 0.2) is 0 Å². The first-order valence-corrected chi connectivity index (χ1v) is 10.5. The largest absolute Gasteiger partial charge is 0.460 e. The minimum absolute atomic E-state index is 0.0254. The Labute approximate surface area is 176 Å². The van der Waals surface area contributed by atoms with E-state index < -0.39 is 0 Å². The predicted molar refractivity (Wildman–Crippen MR) is 111 cm³/mol. The zero-order chi connectivity index (χ0) is 20.3. The molecule has 4 rings (SSSR count). The van der Waals surface area contributed by atoms with Crippen LogP contribution >= 0.6 is 11.6 Å². The molecule has 0 unspecified atom stereocenters. The Balaban J connectivity index is 1.39. The molecule has 29 heavy (non-hydrogen) atoms. The molecule has 1 amide bonds. The maximum absolute atomic E-state index is 11.2. The molecule has 2 atom stereocenters. The molecular formula is C22H27ClN2O4. The molecule has 2 aliphatic heterocycles. The van der Waals surface area contributed by atoms with Crippen LogP contribution in [0.1, 0.15) is 25.5 Å². The Hall–Kier alpha value is -1.86. The number of amides is 1. The van der Waals surface area contributed by atoms with Crippen LogP contribution in [-0.2, 0) is 20.8 Å². The molecule has 1 spiro atoms. The lowest BCUT2D eigenvalue weighted by Gasteiger charge is -2.31. The quantitative estimate of drug-likeness (QED) is 0.805. The first-order chi connectivity index (χ1) is 14.0. The predicted octanol–water partition coefficient (Wildman–Crippen LogP) is 3.49. The van der Waals surface area contributed by atoms with Crippen LogP contribution in [0.3, 0.4) is 0 Å². The van der Waals surface area contributed by atoms with E-state index in [-0.39, 0.29) is 17.6 Å². The third-order valence-corrected chi connectivity index (χ3v) is 5.77. The summed E-state index contributed by atoms with van der Waals surface area (Å²) in [5, 5.41) is 3.57. The molecule has 0 aliphatic carbocycles. The molecule has 3 heterocycles. The lowest BCUT2D eigenvalue weighted by Crippen LogP contribution is -2.45. The van der Waals surface area contributed by atoms with Crippen molar-refractivity contribution in [2.45, 2.75) is 38.0 Å². The Kier molecular flexibility index (Phi) is 6.25. The van der Waals surface area contributed by atoms with Crippen molar-refractivity contribution in [2.24, 2.45) is 0 Å². The maximum atomic E-state index is 11.2. The summed E-state index contributed by atoms with van der Waals surface area (Å²) in [4.78, 5) is 13.5. The zero-order valence-electron chi connectivity index (χ0n) is 16.7. The highest BCUT2D eigenvalue weighted by Gasteiger charge is 2.43. The first-order valence-electron chi connectivity index (χ1n) is 10.1. The van der Waals surface area contributed by atoms with Gasteiger partial charge < -0.3 is 19.2 Å². The van der Waals surface area contributed by atoms with E-state index in [2.05, 4.69) is 10.2 Å². The average molecular weight is 419 g/mol. The number of hydrogen-bond acceptors (Lipinski definition) is 5. The summed E-state index contributed by atoms with van der Waals surface area (Å²) in [5.41, 5.74) is 0.696. The maximum Gasteiger partial charge on any atom is 0.216 e. The SMILES string of the molecule is CC(=O)NC[C@H]1CC[C@@]2(COCCN(Cc3ccc(-c4ccc(Cl)cc4)o3)C2)O1. The van der Waals surface area contributed by atoms with Crippen molar-refractivity contribution in [3.8, 4) is 11.3 Å². The van der Waals surface area contributed by atoms with Crippen LogP contribution in [0.15, 0.2) is 40.8 Å². The molecule has 0 radical (unpaired) electrons. The van der Waals surface area contributed by atoms with Gasteiger partial charge in [-0.05, 0) is 49.2 Å². The van der Waals surface area contributed by atoms with E-state index in [1.807, 2.05) is 36.4 Å². The summed E-state index contributed by atoms with van der Waals surface area (Å²) in [6.07, 6.45) is 1.91. The monoisotopic (exact) mass is 418 g/mol. The highest BCUT2D eigenvalue weighted by molar-refractivity contribution is 6.30. The van der Waals surface area contributed by atoms with Gasteiger partial charge >= 0.3 is 0 Å². The van der Waals surface area contributed by atoms with E-state index in [4.69, 9.17) is 25.5 Å². The summed E-state index contributed by atoms with van der Waals surface area (Å²) >= 11 is 5.97. The lowest BCUT2D eigenvalue weighted by molar-refractivity contribution is -0.121. The Morgan fingerprint density at radius 3 is 2.90 bits per heavy atom. The van der Waals surface area contributed by atoms with E-state index in [1.165, 1.54) is 6.92 Å². The van der Waals surface area contributed by atoms with Gasteiger partial charge in [0.2, 0.25) is 5.91 Å². The number of nitrogens with zero attached hydrogens (tertiary/aromatic N) is 1. The topological polar surface area (TPSA) is 63.9 Å². The zero-order valence-corrected chi connectivity index (χ0v) is 17.4. The van der Waals surface area contributed by atoms with Gasteiger partial charge in [-0.2, -0.15) is 0 Å². The number of carbonyl (C=O) groups excluding carboxylic acids is 1. The van der Waals surface area contributed by atoms with Crippen LogP contribution in [0, 0.1) is 0 Å². The van der Waals surface area contributed by atoms with E-state index >= 15 is 0 Å². The summed E-state index contributed by atoms with van der Waals surface area (Å²) in [6.45, 7) is 5.68. The second kappa shape index (κ2) is 8.88. The molecule has 2 saturated heterocycles. The van der Waals surface area contributed by atoms with Gasteiger partial charge in [-0.15, -0.1) is 0 Å². The number of halogens is 1. The third-order valence-electron chi connectivity index (χ3n) is 5.52. The number of hydrogen-bond donors (Lipinski definition) is 1. The lowest BCUT2D eigenvalue weighted by atomic mass is 10.00. The van der Waals surface area contributed by atoms with Crippen molar-refractivity contribution in [2.75, 3.05) is 32.8 Å². The fourth-order valence-electron chi connectivity index (χ4n) is 4.09. The van der Waals surface area contributed by atoms with Crippen molar-refractivity contribution in [1.29, 1.82) is 0 Å². The molecule has 0 saturated carbocycles. The fraction of sp³-hybridized carbons (Fsp3) is 0.500. The molecule has 156 valence electrons. The molecule has 7 heteroatoms. The Morgan fingerprint density at radius 2 is 2.10 bits per heavy atom. The van der Waals surface area contributed by atoms with Crippen molar-refractivity contribution < 1.29 is 18.7 Å². The van der Waals surface area contributed by atoms with Gasteiger partial charge in [0.05, 0.1) is 25.9 Å². The standard InChI is InChI=1S/C22H27ClN2O4/c1-16(26)24-12-19-8-9-22(29-19)14-25(10-11-27-15-22)13-20-6-7-21(28-20)17-2-4-18(23)5-3-17/h2-7,19H,8-15H2,1H3,(H,24,26)/t19-,22-/m1/s1. The summed E-state index contributed by atoms with van der Waals surface area (Å²) < 4.78 is 18.3. The summed E-state index contributed by atoms with van der Waals surface area (Å²) in [7, 11) is 0. The first kappa shape index (κ1) is 20.4. The normalized spacial score (nSPS) is 25.2. The molecular weight excluding hydrogens is 392 g/mol. The molecule has 2 aromatic rings. The van der Waals surface area contributed by atoms with Gasteiger partial charge in [-0.3, -0.25) is 9.69 Å². The number of ether oxygens (including phenoxy) is 2. The van der Waals surface area contributed by atoms with Gasteiger partial charge in [0.1, 0.15) is 17.1 Å². The van der Waals surface area contributed by atoms with Gasteiger partial charge in [0.25, 0.3) is 0 Å². The number of furan rings is 1. The molecule has 1 N–H and O–H groups in total. The Morgan fingerprint density at radius 1 is 1.28 bits per heavy atom. The fourth-order valence-corrected chi connectivity index (χ4v) is 4.22. The minimum Gasteiger partial charge on any atom is -0.460 e. The van der Waals surface area contributed by atoms with Gasteiger partial charge in [-0.25, -0.2) is 0 Å². The Bertz CT molecular complexity index is 838.